The fraction of sp³-hybridized carbons (Fsp3) is 0.263. The molecule has 0 unspecified atom stereocenters. The van der Waals surface area contributed by atoms with Gasteiger partial charge in [-0.15, -0.1) is 0 Å². The molecule has 2 aromatic rings. The van der Waals surface area contributed by atoms with E-state index in [0.29, 0.717) is 27.8 Å². The van der Waals surface area contributed by atoms with Crippen LogP contribution in [-0.2, 0) is 11.3 Å². The number of carbonyl (C=O) groups excluding carboxylic acids is 2. The van der Waals surface area contributed by atoms with Crippen LogP contribution in [0.15, 0.2) is 42.5 Å². The standard InChI is InChI=1S/C19H20Cl2N2O2/c1-12(23(3)11-14-4-9-17(20)18(21)10-14)19(25)22-16-7-5-15(6-8-16)13(2)24/h4-10,12H,11H2,1-3H3,(H,22,25)/t12-/m0/s1. The molecule has 0 saturated heterocycles. The first-order valence-electron chi connectivity index (χ1n) is 7.84. The summed E-state index contributed by atoms with van der Waals surface area (Å²) in [4.78, 5) is 25.6. The van der Waals surface area contributed by atoms with Gasteiger partial charge in [0.2, 0.25) is 5.91 Å². The summed E-state index contributed by atoms with van der Waals surface area (Å²) >= 11 is 11.9. The number of nitrogens with one attached hydrogen (secondary N) is 1. The van der Waals surface area contributed by atoms with Gasteiger partial charge in [0.05, 0.1) is 16.1 Å². The van der Waals surface area contributed by atoms with Crippen molar-refractivity contribution in [3.63, 3.8) is 0 Å². The average molecular weight is 379 g/mol. The van der Waals surface area contributed by atoms with Crippen LogP contribution in [0, 0.1) is 0 Å². The maximum Gasteiger partial charge on any atom is 0.241 e. The van der Waals surface area contributed by atoms with E-state index in [9.17, 15) is 9.59 Å². The fourth-order valence-electron chi connectivity index (χ4n) is 2.30. The van der Waals surface area contributed by atoms with Gasteiger partial charge < -0.3 is 5.32 Å². The smallest absolute Gasteiger partial charge is 0.241 e. The number of hydrogen-bond donors (Lipinski definition) is 1. The summed E-state index contributed by atoms with van der Waals surface area (Å²) in [5.74, 6) is -0.134. The number of amides is 1. The second kappa shape index (κ2) is 8.48. The lowest BCUT2D eigenvalue weighted by atomic mass is 10.1. The van der Waals surface area contributed by atoms with Gasteiger partial charge in [-0.25, -0.2) is 0 Å². The minimum Gasteiger partial charge on any atom is -0.325 e. The van der Waals surface area contributed by atoms with Crippen LogP contribution in [0.4, 0.5) is 5.69 Å². The van der Waals surface area contributed by atoms with Crippen molar-refractivity contribution >= 4 is 40.6 Å². The van der Waals surface area contributed by atoms with Gasteiger partial charge in [-0.1, -0.05) is 29.3 Å². The lowest BCUT2D eigenvalue weighted by molar-refractivity contribution is -0.120. The predicted octanol–water partition coefficient (Wildman–Crippen LogP) is 4.66. The van der Waals surface area contributed by atoms with Crippen LogP contribution in [0.1, 0.15) is 29.8 Å². The van der Waals surface area contributed by atoms with Gasteiger partial charge in [0.1, 0.15) is 0 Å². The molecule has 0 aliphatic carbocycles. The maximum atomic E-state index is 12.4. The number of anilines is 1. The van der Waals surface area contributed by atoms with Crippen molar-refractivity contribution in [1.29, 1.82) is 0 Å². The van der Waals surface area contributed by atoms with Crippen molar-refractivity contribution in [3.8, 4) is 0 Å². The van der Waals surface area contributed by atoms with Crippen LogP contribution in [0.25, 0.3) is 0 Å². The number of benzene rings is 2. The minimum absolute atomic E-state index is 0.00685. The lowest BCUT2D eigenvalue weighted by Gasteiger charge is -2.24. The summed E-state index contributed by atoms with van der Waals surface area (Å²) in [6.45, 7) is 3.90. The zero-order chi connectivity index (χ0) is 18.6. The van der Waals surface area contributed by atoms with E-state index in [1.54, 1.807) is 36.4 Å². The Balaban J connectivity index is 1.98. The van der Waals surface area contributed by atoms with Crippen molar-refractivity contribution in [3.05, 3.63) is 63.6 Å². The third-order valence-corrected chi connectivity index (χ3v) is 4.75. The number of hydrogen-bond acceptors (Lipinski definition) is 3. The predicted molar refractivity (Wildman–Crippen MR) is 102 cm³/mol. The van der Waals surface area contributed by atoms with Crippen molar-refractivity contribution in [2.45, 2.75) is 26.4 Å². The number of Topliss-reactive ketones (excluding diaryl/α,β-unsaturated/α-hetero) is 1. The Morgan fingerprint density at radius 3 is 2.28 bits per heavy atom. The molecule has 2 rings (SSSR count). The van der Waals surface area contributed by atoms with E-state index >= 15 is 0 Å². The first-order chi connectivity index (χ1) is 11.8. The third kappa shape index (κ3) is 5.30. The van der Waals surface area contributed by atoms with Gasteiger partial charge in [0.15, 0.2) is 5.78 Å². The molecule has 0 bridgehead atoms. The van der Waals surface area contributed by atoms with Gasteiger partial charge in [0.25, 0.3) is 0 Å². The van der Waals surface area contributed by atoms with Crippen LogP contribution < -0.4 is 5.32 Å². The number of rotatable bonds is 6. The zero-order valence-corrected chi connectivity index (χ0v) is 15.9. The fourth-order valence-corrected chi connectivity index (χ4v) is 2.62. The van der Waals surface area contributed by atoms with E-state index < -0.39 is 0 Å². The highest BCUT2D eigenvalue weighted by atomic mass is 35.5. The molecule has 1 atom stereocenters. The highest BCUT2D eigenvalue weighted by Gasteiger charge is 2.18. The van der Waals surface area contributed by atoms with Gasteiger partial charge in [0, 0.05) is 17.8 Å². The van der Waals surface area contributed by atoms with E-state index in [1.165, 1.54) is 6.92 Å². The van der Waals surface area contributed by atoms with E-state index in [1.807, 2.05) is 24.9 Å². The third-order valence-electron chi connectivity index (χ3n) is 4.02. The molecule has 2 aromatic carbocycles. The van der Waals surface area contributed by atoms with Gasteiger partial charge in [-0.3, -0.25) is 14.5 Å². The summed E-state index contributed by atoms with van der Waals surface area (Å²) in [6, 6.07) is 11.9. The highest BCUT2D eigenvalue weighted by Crippen LogP contribution is 2.23. The summed E-state index contributed by atoms with van der Waals surface area (Å²) in [5.41, 5.74) is 2.25. The van der Waals surface area contributed by atoms with E-state index in [-0.39, 0.29) is 17.7 Å². The summed E-state index contributed by atoms with van der Waals surface area (Å²) in [7, 11) is 1.87. The molecular weight excluding hydrogens is 359 g/mol. The van der Waals surface area contributed by atoms with E-state index in [2.05, 4.69) is 5.32 Å². The van der Waals surface area contributed by atoms with Gasteiger partial charge in [-0.05, 0) is 62.9 Å². The summed E-state index contributed by atoms with van der Waals surface area (Å²) < 4.78 is 0. The second-order valence-corrected chi connectivity index (χ2v) is 6.78. The molecule has 0 saturated carbocycles. The monoisotopic (exact) mass is 378 g/mol. The molecule has 4 nitrogen and oxygen atoms in total. The van der Waals surface area contributed by atoms with E-state index in [0.717, 1.165) is 5.56 Å². The number of ketones is 1. The largest absolute Gasteiger partial charge is 0.325 e. The Labute approximate surface area is 157 Å². The van der Waals surface area contributed by atoms with Crippen LogP contribution in [0.3, 0.4) is 0 Å². The lowest BCUT2D eigenvalue weighted by Crippen LogP contribution is -2.39. The zero-order valence-electron chi connectivity index (χ0n) is 14.3. The Kier molecular flexibility index (Phi) is 6.59. The molecule has 0 spiro atoms. The first kappa shape index (κ1) is 19.4. The maximum absolute atomic E-state index is 12.4. The molecule has 0 radical (unpaired) electrons. The Morgan fingerprint density at radius 1 is 1.08 bits per heavy atom. The number of halogens is 2. The van der Waals surface area contributed by atoms with Gasteiger partial charge in [-0.2, -0.15) is 0 Å². The Morgan fingerprint density at radius 2 is 1.72 bits per heavy atom. The van der Waals surface area contributed by atoms with Crippen LogP contribution in [0.5, 0.6) is 0 Å². The summed E-state index contributed by atoms with van der Waals surface area (Å²) in [5, 5.41) is 3.86. The van der Waals surface area contributed by atoms with Crippen molar-refractivity contribution < 1.29 is 9.59 Å². The molecule has 0 aliphatic heterocycles. The van der Waals surface area contributed by atoms with E-state index in [4.69, 9.17) is 23.2 Å². The molecule has 132 valence electrons. The van der Waals surface area contributed by atoms with Crippen LogP contribution in [0.2, 0.25) is 10.0 Å². The molecule has 1 N–H and O–H groups in total. The first-order valence-corrected chi connectivity index (χ1v) is 8.59. The quantitative estimate of drug-likeness (QED) is 0.743. The summed E-state index contributed by atoms with van der Waals surface area (Å²) in [6.07, 6.45) is 0. The molecular formula is C19H20Cl2N2O2. The molecule has 1 amide bonds. The van der Waals surface area contributed by atoms with Crippen molar-refractivity contribution in [2.24, 2.45) is 0 Å². The minimum atomic E-state index is -0.345. The molecule has 6 heteroatoms. The highest BCUT2D eigenvalue weighted by molar-refractivity contribution is 6.42. The number of likely N-dealkylation sites (N-methyl/N-ethyl adjacent to an activating group) is 1. The molecule has 0 aromatic heterocycles. The average Bonchev–Trinajstić information content (AvgIpc) is 2.57. The molecule has 0 heterocycles. The normalized spacial score (nSPS) is 12.1. The Bertz CT molecular complexity index is 775. The SMILES string of the molecule is CC(=O)c1ccc(NC(=O)[C@H](C)N(C)Cc2ccc(Cl)c(Cl)c2)cc1. The Hall–Kier alpha value is -1.88. The van der Waals surface area contributed by atoms with Crippen LogP contribution in [-0.4, -0.2) is 29.7 Å². The second-order valence-electron chi connectivity index (χ2n) is 5.96. The topological polar surface area (TPSA) is 49.4 Å². The van der Waals surface area contributed by atoms with Gasteiger partial charge >= 0.3 is 0 Å². The molecule has 25 heavy (non-hydrogen) atoms. The number of carbonyl (C=O) groups is 2. The number of nitrogens with zero attached hydrogens (tertiary/aromatic N) is 1. The molecule has 0 aliphatic rings. The van der Waals surface area contributed by atoms with Crippen LogP contribution >= 0.6 is 23.2 Å². The van der Waals surface area contributed by atoms with Crippen molar-refractivity contribution in [1.82, 2.24) is 4.90 Å². The molecule has 0 fully saturated rings. The van der Waals surface area contributed by atoms with Crippen molar-refractivity contribution in [2.75, 3.05) is 12.4 Å².